The van der Waals surface area contributed by atoms with Crippen LogP contribution in [0.25, 0.3) is 0 Å². The standard InChI is InChI=1S/C28H33N5O7/c1-3-39-24(34)18-32-14-12-31(13-15-32)16-23-17-33(28(37)40-23)22-10-8-19(9-11-22)25(29)30-26(35)20-4-6-21(7-5-20)27(36)38-2/h4-11,23H,3,12-18H2,1-2H3,(H2,29,30,35). The van der Waals surface area contributed by atoms with Crippen molar-refractivity contribution in [1.29, 1.82) is 5.41 Å². The van der Waals surface area contributed by atoms with Crippen molar-refractivity contribution in [2.75, 3.05) is 64.4 Å². The number of amidine groups is 1. The van der Waals surface area contributed by atoms with Gasteiger partial charge in [-0.2, -0.15) is 0 Å². The predicted octanol–water partition coefficient (Wildman–Crippen LogP) is 1.73. The number of hydrogen-bond acceptors (Lipinski definition) is 10. The maximum absolute atomic E-state index is 12.6. The lowest BCUT2D eigenvalue weighted by Gasteiger charge is -2.34. The van der Waals surface area contributed by atoms with Crippen molar-refractivity contribution in [3.8, 4) is 0 Å². The number of carbonyl (C=O) groups excluding carboxylic acids is 4. The van der Waals surface area contributed by atoms with Crippen LogP contribution in [0.1, 0.15) is 33.2 Å². The maximum Gasteiger partial charge on any atom is 0.414 e. The lowest BCUT2D eigenvalue weighted by atomic mass is 10.1. The van der Waals surface area contributed by atoms with Gasteiger partial charge in [0.2, 0.25) is 0 Å². The molecule has 2 fully saturated rings. The largest absolute Gasteiger partial charge is 0.465 e. The molecule has 12 heteroatoms. The highest BCUT2D eigenvalue weighted by Crippen LogP contribution is 2.23. The van der Waals surface area contributed by atoms with E-state index in [1.54, 1.807) is 36.1 Å². The zero-order valence-electron chi connectivity index (χ0n) is 22.6. The van der Waals surface area contributed by atoms with Crippen molar-refractivity contribution in [2.45, 2.75) is 13.0 Å². The van der Waals surface area contributed by atoms with E-state index in [1.807, 2.05) is 0 Å². The minimum absolute atomic E-state index is 0.0995. The SMILES string of the molecule is CCOC(=O)CN1CCN(CC2CN(c3ccc(C(=N)NC(=O)c4ccc(C(=O)OC)cc4)cc3)C(=O)O2)CC1. The van der Waals surface area contributed by atoms with Crippen LogP contribution in [0.5, 0.6) is 0 Å². The number of piperazine rings is 1. The Balaban J connectivity index is 1.26. The molecule has 2 N–H and O–H groups in total. The molecule has 212 valence electrons. The van der Waals surface area contributed by atoms with Gasteiger partial charge in [0, 0.05) is 49.5 Å². The van der Waals surface area contributed by atoms with E-state index in [0.29, 0.717) is 42.1 Å². The van der Waals surface area contributed by atoms with Crippen LogP contribution in [0.4, 0.5) is 10.5 Å². The summed E-state index contributed by atoms with van der Waals surface area (Å²) in [4.78, 5) is 54.2. The number of methoxy groups -OCH3 is 1. The fourth-order valence-electron chi connectivity index (χ4n) is 4.58. The minimum atomic E-state index is -0.501. The summed E-state index contributed by atoms with van der Waals surface area (Å²) >= 11 is 0. The summed E-state index contributed by atoms with van der Waals surface area (Å²) in [7, 11) is 1.28. The fourth-order valence-corrected chi connectivity index (χ4v) is 4.58. The third-order valence-electron chi connectivity index (χ3n) is 6.73. The molecule has 1 atom stereocenters. The molecule has 12 nitrogen and oxygen atoms in total. The summed E-state index contributed by atoms with van der Waals surface area (Å²) in [6.45, 7) is 6.48. The summed E-state index contributed by atoms with van der Waals surface area (Å²) < 4.78 is 15.3. The Kier molecular flexibility index (Phi) is 9.46. The van der Waals surface area contributed by atoms with Crippen LogP contribution in [0.3, 0.4) is 0 Å². The van der Waals surface area contributed by atoms with Crippen molar-refractivity contribution < 1.29 is 33.4 Å². The first-order valence-corrected chi connectivity index (χ1v) is 13.0. The molecule has 2 heterocycles. The first-order valence-electron chi connectivity index (χ1n) is 13.0. The van der Waals surface area contributed by atoms with E-state index in [-0.39, 0.29) is 24.5 Å². The highest BCUT2D eigenvalue weighted by atomic mass is 16.6. The van der Waals surface area contributed by atoms with Crippen LogP contribution >= 0.6 is 0 Å². The molecule has 0 aliphatic carbocycles. The second-order valence-corrected chi connectivity index (χ2v) is 9.44. The average molecular weight is 552 g/mol. The molecule has 2 aromatic rings. The molecule has 2 saturated heterocycles. The topological polar surface area (TPSA) is 142 Å². The summed E-state index contributed by atoms with van der Waals surface area (Å²) in [5.74, 6) is -1.30. The summed E-state index contributed by atoms with van der Waals surface area (Å²) in [5, 5.41) is 10.8. The maximum atomic E-state index is 12.6. The van der Waals surface area contributed by atoms with Crippen LogP contribution in [-0.4, -0.2) is 105 Å². The lowest BCUT2D eigenvalue weighted by Crippen LogP contribution is -2.50. The Morgan fingerprint density at radius 2 is 1.55 bits per heavy atom. The van der Waals surface area contributed by atoms with Gasteiger partial charge in [-0.15, -0.1) is 0 Å². The van der Waals surface area contributed by atoms with Gasteiger partial charge >= 0.3 is 18.0 Å². The Morgan fingerprint density at radius 3 is 2.17 bits per heavy atom. The zero-order valence-corrected chi connectivity index (χ0v) is 22.6. The van der Waals surface area contributed by atoms with Crippen molar-refractivity contribution in [3.63, 3.8) is 0 Å². The normalized spacial score (nSPS) is 17.7. The molecule has 40 heavy (non-hydrogen) atoms. The highest BCUT2D eigenvalue weighted by Gasteiger charge is 2.34. The fraction of sp³-hybridized carbons (Fsp3) is 0.393. The molecule has 0 saturated carbocycles. The van der Waals surface area contributed by atoms with E-state index in [4.69, 9.17) is 14.9 Å². The van der Waals surface area contributed by atoms with Crippen LogP contribution in [0, 0.1) is 5.41 Å². The number of nitrogens with zero attached hydrogens (tertiary/aromatic N) is 3. The number of esters is 2. The van der Waals surface area contributed by atoms with Crippen LogP contribution < -0.4 is 10.2 Å². The molecular weight excluding hydrogens is 518 g/mol. The summed E-state index contributed by atoms with van der Waals surface area (Å²) in [6, 6.07) is 12.6. The van der Waals surface area contributed by atoms with E-state index >= 15 is 0 Å². The number of carbonyl (C=O) groups is 4. The van der Waals surface area contributed by atoms with Crippen LogP contribution in [0.2, 0.25) is 0 Å². The molecule has 1 unspecified atom stereocenters. The highest BCUT2D eigenvalue weighted by molar-refractivity contribution is 6.11. The first kappa shape index (κ1) is 28.7. The summed E-state index contributed by atoms with van der Waals surface area (Å²) in [6.07, 6.45) is -0.718. The van der Waals surface area contributed by atoms with Gasteiger partial charge in [0.1, 0.15) is 11.9 Å². The van der Waals surface area contributed by atoms with E-state index in [9.17, 15) is 19.2 Å². The van der Waals surface area contributed by atoms with Crippen molar-refractivity contribution in [1.82, 2.24) is 15.1 Å². The number of nitrogens with one attached hydrogen (secondary N) is 2. The van der Waals surface area contributed by atoms with E-state index in [2.05, 4.69) is 19.9 Å². The quantitative estimate of drug-likeness (QED) is 0.206. The number of benzene rings is 2. The Labute approximate surface area is 232 Å². The van der Waals surface area contributed by atoms with Crippen LogP contribution in [-0.2, 0) is 19.0 Å². The smallest absolute Gasteiger partial charge is 0.414 e. The molecule has 4 rings (SSSR count). The molecule has 2 aliphatic heterocycles. The van der Waals surface area contributed by atoms with Gasteiger partial charge in [-0.1, -0.05) is 0 Å². The van der Waals surface area contributed by atoms with Gasteiger partial charge in [-0.05, 0) is 55.5 Å². The number of anilines is 1. The Morgan fingerprint density at radius 1 is 0.950 bits per heavy atom. The van der Waals surface area contributed by atoms with Crippen molar-refractivity contribution in [2.24, 2.45) is 0 Å². The van der Waals surface area contributed by atoms with Gasteiger partial charge in [0.05, 0.1) is 32.4 Å². The third-order valence-corrected chi connectivity index (χ3v) is 6.73. The molecular formula is C28H33N5O7. The lowest BCUT2D eigenvalue weighted by molar-refractivity contribution is -0.144. The number of rotatable bonds is 9. The molecule has 2 aromatic carbocycles. The molecule has 0 bridgehead atoms. The monoisotopic (exact) mass is 551 g/mol. The Bertz CT molecular complexity index is 1240. The molecule has 2 aliphatic rings. The number of cyclic esters (lactones) is 1. The van der Waals surface area contributed by atoms with Gasteiger partial charge in [-0.3, -0.25) is 29.7 Å². The second-order valence-electron chi connectivity index (χ2n) is 9.44. The number of ether oxygens (including phenoxy) is 3. The van der Waals surface area contributed by atoms with Crippen molar-refractivity contribution in [3.05, 3.63) is 65.2 Å². The Hall–Kier alpha value is -4.29. The molecule has 2 amide bonds. The van der Waals surface area contributed by atoms with Crippen molar-refractivity contribution >= 4 is 35.5 Å². The van der Waals surface area contributed by atoms with Gasteiger partial charge in [-0.25, -0.2) is 9.59 Å². The van der Waals surface area contributed by atoms with E-state index in [1.165, 1.54) is 31.4 Å². The second kappa shape index (κ2) is 13.2. The first-order chi connectivity index (χ1) is 19.3. The van der Waals surface area contributed by atoms with Gasteiger partial charge < -0.3 is 19.5 Å². The predicted molar refractivity (Wildman–Crippen MR) is 146 cm³/mol. The zero-order chi connectivity index (χ0) is 28.6. The van der Waals surface area contributed by atoms with E-state index in [0.717, 1.165) is 26.2 Å². The average Bonchev–Trinajstić information content (AvgIpc) is 3.33. The molecule has 0 aromatic heterocycles. The van der Waals surface area contributed by atoms with Gasteiger partial charge in [0.25, 0.3) is 5.91 Å². The minimum Gasteiger partial charge on any atom is -0.465 e. The number of amides is 2. The van der Waals surface area contributed by atoms with Crippen LogP contribution in [0.15, 0.2) is 48.5 Å². The third kappa shape index (κ3) is 7.21. The molecule has 0 radical (unpaired) electrons. The van der Waals surface area contributed by atoms with Gasteiger partial charge in [0.15, 0.2) is 0 Å². The molecule has 0 spiro atoms. The van der Waals surface area contributed by atoms with E-state index < -0.39 is 18.0 Å². The summed E-state index contributed by atoms with van der Waals surface area (Å²) in [5.41, 5.74) is 1.71. The number of hydrogen-bond donors (Lipinski definition) is 2.